The highest BCUT2D eigenvalue weighted by Crippen LogP contribution is 2.26. The van der Waals surface area contributed by atoms with E-state index in [4.69, 9.17) is 5.84 Å². The summed E-state index contributed by atoms with van der Waals surface area (Å²) >= 11 is 0. The van der Waals surface area contributed by atoms with Crippen LogP contribution in [-0.4, -0.2) is 14.6 Å². The van der Waals surface area contributed by atoms with Gasteiger partial charge >= 0.3 is 0 Å². The number of hydrazine groups is 1. The fraction of sp³-hybridized carbons (Fsp3) is 0.455. The number of rotatable bonds is 4. The van der Waals surface area contributed by atoms with Crippen molar-refractivity contribution in [3.05, 3.63) is 30.4 Å². The quantitative estimate of drug-likeness (QED) is 0.600. The minimum absolute atomic E-state index is 0.117. The molecular weight excluding hydrogens is 202 g/mol. The Hall–Kier alpha value is -1.46. The number of hydrogen-bond acceptors (Lipinski definition) is 4. The molecule has 2 aromatic heterocycles. The van der Waals surface area contributed by atoms with Gasteiger partial charge in [-0.1, -0.05) is 20.3 Å². The first-order chi connectivity index (χ1) is 7.77. The van der Waals surface area contributed by atoms with Crippen LogP contribution in [0.3, 0.4) is 0 Å². The van der Waals surface area contributed by atoms with Crippen molar-refractivity contribution < 1.29 is 0 Å². The molecule has 0 radical (unpaired) electrons. The van der Waals surface area contributed by atoms with E-state index in [2.05, 4.69) is 29.4 Å². The van der Waals surface area contributed by atoms with Crippen molar-refractivity contribution in [2.75, 3.05) is 0 Å². The van der Waals surface area contributed by atoms with Crippen LogP contribution in [0.5, 0.6) is 0 Å². The van der Waals surface area contributed by atoms with Gasteiger partial charge in [0, 0.05) is 18.0 Å². The number of aromatic nitrogens is 3. The Morgan fingerprint density at radius 1 is 1.50 bits per heavy atom. The lowest BCUT2D eigenvalue weighted by Crippen LogP contribution is -2.32. The zero-order valence-electron chi connectivity index (χ0n) is 9.59. The maximum atomic E-state index is 5.62. The summed E-state index contributed by atoms with van der Waals surface area (Å²) in [6.45, 7) is 4.32. The number of fused-ring (bicyclic) bond motifs is 1. The highest BCUT2D eigenvalue weighted by atomic mass is 15.3. The molecule has 16 heavy (non-hydrogen) atoms. The van der Waals surface area contributed by atoms with Crippen LogP contribution < -0.4 is 11.3 Å². The predicted molar refractivity (Wildman–Crippen MR) is 62.5 cm³/mol. The van der Waals surface area contributed by atoms with Crippen LogP contribution in [0.25, 0.3) is 5.52 Å². The van der Waals surface area contributed by atoms with Crippen LogP contribution in [0.2, 0.25) is 0 Å². The minimum Gasteiger partial charge on any atom is -0.271 e. The third kappa shape index (κ3) is 1.79. The van der Waals surface area contributed by atoms with Crippen LogP contribution in [0.1, 0.15) is 31.9 Å². The van der Waals surface area contributed by atoms with E-state index in [0.29, 0.717) is 5.92 Å². The molecule has 0 fully saturated rings. The SMILES string of the molecule is CCC(C)C(NN)c1cnn2ccncc12. The smallest absolute Gasteiger partial charge is 0.0893 e. The van der Waals surface area contributed by atoms with Gasteiger partial charge in [-0.15, -0.1) is 0 Å². The van der Waals surface area contributed by atoms with Crippen molar-refractivity contribution in [1.82, 2.24) is 20.0 Å². The molecule has 0 aliphatic heterocycles. The largest absolute Gasteiger partial charge is 0.271 e. The van der Waals surface area contributed by atoms with E-state index in [1.807, 2.05) is 23.1 Å². The molecule has 0 aromatic carbocycles. The van der Waals surface area contributed by atoms with Gasteiger partial charge in [0.1, 0.15) is 0 Å². The lowest BCUT2D eigenvalue weighted by atomic mass is 9.94. The summed E-state index contributed by atoms with van der Waals surface area (Å²) in [6.07, 6.45) is 8.29. The standard InChI is InChI=1S/C11H17N5/c1-3-8(2)11(15-12)9-6-14-16-5-4-13-7-10(9)16/h4-8,11,15H,3,12H2,1-2H3. The summed E-state index contributed by atoms with van der Waals surface area (Å²) in [4.78, 5) is 4.12. The number of hydrogen-bond donors (Lipinski definition) is 2. The first-order valence-corrected chi connectivity index (χ1v) is 5.51. The average molecular weight is 219 g/mol. The number of nitrogens with one attached hydrogen (secondary N) is 1. The van der Waals surface area contributed by atoms with Crippen LogP contribution in [0, 0.1) is 5.92 Å². The Balaban J connectivity index is 2.45. The highest BCUT2D eigenvalue weighted by Gasteiger charge is 2.20. The van der Waals surface area contributed by atoms with E-state index in [1.165, 1.54) is 0 Å². The zero-order valence-corrected chi connectivity index (χ0v) is 9.59. The molecule has 0 spiro atoms. The summed E-state index contributed by atoms with van der Waals surface area (Å²) < 4.78 is 1.81. The topological polar surface area (TPSA) is 68.2 Å². The first-order valence-electron chi connectivity index (χ1n) is 5.51. The molecule has 86 valence electrons. The van der Waals surface area contributed by atoms with Gasteiger partial charge in [-0.05, 0) is 5.92 Å². The second kappa shape index (κ2) is 4.59. The monoisotopic (exact) mass is 219 g/mol. The van der Waals surface area contributed by atoms with Crippen molar-refractivity contribution in [2.45, 2.75) is 26.3 Å². The first kappa shape index (κ1) is 11.0. The zero-order chi connectivity index (χ0) is 11.5. The molecule has 0 amide bonds. The van der Waals surface area contributed by atoms with E-state index in [9.17, 15) is 0 Å². The van der Waals surface area contributed by atoms with E-state index in [1.54, 1.807) is 6.20 Å². The Morgan fingerprint density at radius 2 is 2.31 bits per heavy atom. The van der Waals surface area contributed by atoms with Gasteiger partial charge in [-0.3, -0.25) is 16.3 Å². The second-order valence-corrected chi connectivity index (χ2v) is 4.04. The molecule has 5 heteroatoms. The molecule has 0 saturated carbocycles. The molecule has 2 atom stereocenters. The molecule has 2 aromatic rings. The maximum Gasteiger partial charge on any atom is 0.0893 e. The van der Waals surface area contributed by atoms with Crippen molar-refractivity contribution in [1.29, 1.82) is 0 Å². The van der Waals surface area contributed by atoms with Gasteiger partial charge in [-0.2, -0.15) is 5.10 Å². The summed E-state index contributed by atoms with van der Waals surface area (Å²) in [5, 5.41) is 4.29. The Bertz CT molecular complexity index is 464. The molecule has 2 unspecified atom stereocenters. The minimum atomic E-state index is 0.117. The third-order valence-electron chi connectivity index (χ3n) is 3.08. The molecule has 2 heterocycles. The van der Waals surface area contributed by atoms with E-state index in [0.717, 1.165) is 17.5 Å². The fourth-order valence-electron chi connectivity index (χ4n) is 1.89. The predicted octanol–water partition coefficient (Wildman–Crippen LogP) is 1.28. The fourth-order valence-corrected chi connectivity index (χ4v) is 1.89. The Kier molecular flexibility index (Phi) is 3.17. The van der Waals surface area contributed by atoms with Crippen molar-refractivity contribution in [3.63, 3.8) is 0 Å². The van der Waals surface area contributed by atoms with Crippen LogP contribution in [0.4, 0.5) is 0 Å². The molecule has 0 aliphatic carbocycles. The van der Waals surface area contributed by atoms with Crippen molar-refractivity contribution in [3.8, 4) is 0 Å². The van der Waals surface area contributed by atoms with Crippen LogP contribution in [0.15, 0.2) is 24.8 Å². The number of nitrogens with two attached hydrogens (primary N) is 1. The van der Waals surface area contributed by atoms with Gasteiger partial charge in [0.15, 0.2) is 0 Å². The molecule has 0 aliphatic rings. The average Bonchev–Trinajstić information content (AvgIpc) is 2.74. The number of nitrogens with zero attached hydrogens (tertiary/aromatic N) is 3. The van der Waals surface area contributed by atoms with E-state index < -0.39 is 0 Å². The van der Waals surface area contributed by atoms with E-state index in [-0.39, 0.29) is 6.04 Å². The van der Waals surface area contributed by atoms with Crippen LogP contribution in [-0.2, 0) is 0 Å². The lowest BCUT2D eigenvalue weighted by molar-refractivity contribution is 0.385. The van der Waals surface area contributed by atoms with Gasteiger partial charge < -0.3 is 0 Å². The Labute approximate surface area is 94.6 Å². The molecule has 0 saturated heterocycles. The van der Waals surface area contributed by atoms with Gasteiger partial charge in [0.25, 0.3) is 0 Å². The second-order valence-electron chi connectivity index (χ2n) is 4.04. The van der Waals surface area contributed by atoms with Crippen molar-refractivity contribution >= 4 is 5.52 Å². The maximum absolute atomic E-state index is 5.62. The molecule has 5 nitrogen and oxygen atoms in total. The van der Waals surface area contributed by atoms with Crippen LogP contribution >= 0.6 is 0 Å². The Morgan fingerprint density at radius 3 is 3.00 bits per heavy atom. The normalized spacial score (nSPS) is 15.2. The lowest BCUT2D eigenvalue weighted by Gasteiger charge is -2.21. The summed E-state index contributed by atoms with van der Waals surface area (Å²) in [6, 6.07) is 0.117. The summed E-state index contributed by atoms with van der Waals surface area (Å²) in [5.41, 5.74) is 4.97. The van der Waals surface area contributed by atoms with Crippen molar-refractivity contribution in [2.24, 2.45) is 11.8 Å². The molecule has 3 N–H and O–H groups in total. The molecular formula is C11H17N5. The van der Waals surface area contributed by atoms with Gasteiger partial charge in [0.05, 0.1) is 24.0 Å². The van der Waals surface area contributed by atoms with Gasteiger partial charge in [-0.25, -0.2) is 4.52 Å². The molecule has 0 bridgehead atoms. The molecule has 2 rings (SSSR count). The third-order valence-corrected chi connectivity index (χ3v) is 3.08. The highest BCUT2D eigenvalue weighted by molar-refractivity contribution is 5.53. The van der Waals surface area contributed by atoms with Gasteiger partial charge in [0.2, 0.25) is 0 Å². The summed E-state index contributed by atoms with van der Waals surface area (Å²) in [7, 11) is 0. The van der Waals surface area contributed by atoms with E-state index >= 15 is 0 Å². The summed E-state index contributed by atoms with van der Waals surface area (Å²) in [5.74, 6) is 6.08.